The number of hydrogen-bond acceptors (Lipinski definition) is 9. The second kappa shape index (κ2) is 13.9. The Morgan fingerprint density at radius 1 is 1.00 bits per heavy atom. The van der Waals surface area contributed by atoms with Crippen molar-refractivity contribution < 1.29 is 23.7 Å². The Balaban J connectivity index is 1.34. The number of carbonyl (C=O) groups is 1. The highest BCUT2D eigenvalue weighted by Gasteiger charge is 2.45. The van der Waals surface area contributed by atoms with Crippen LogP contribution in [-0.2, 0) is 28.1 Å². The summed E-state index contributed by atoms with van der Waals surface area (Å²) in [5.74, 6) is 0.518. The van der Waals surface area contributed by atoms with Gasteiger partial charge in [0.05, 0.1) is 63.8 Å². The van der Waals surface area contributed by atoms with Gasteiger partial charge in [0.2, 0.25) is 5.88 Å². The number of aromatic nitrogens is 2. The fourth-order valence-electron chi connectivity index (χ4n) is 5.41. The van der Waals surface area contributed by atoms with Crippen LogP contribution < -0.4 is 25.4 Å². The first-order valence-corrected chi connectivity index (χ1v) is 15.5. The highest BCUT2D eigenvalue weighted by molar-refractivity contribution is 6.34. The molecule has 0 bridgehead atoms. The number of benzene rings is 1. The number of pyridine rings is 2. The van der Waals surface area contributed by atoms with Crippen molar-refractivity contribution >= 4 is 34.7 Å². The number of alkyl halides is 1. The maximum absolute atomic E-state index is 14.0. The van der Waals surface area contributed by atoms with Gasteiger partial charge in [-0.2, -0.15) is 0 Å². The molecule has 3 aliphatic rings. The van der Waals surface area contributed by atoms with Crippen molar-refractivity contribution in [2.45, 2.75) is 36.1 Å². The second-order valence-corrected chi connectivity index (χ2v) is 12.0. The molecular formula is C33H35Cl2N5O5. The van der Waals surface area contributed by atoms with Crippen molar-refractivity contribution in [3.63, 3.8) is 0 Å². The number of amides is 1. The van der Waals surface area contributed by atoms with E-state index in [0.717, 1.165) is 22.3 Å². The highest BCUT2D eigenvalue weighted by atomic mass is 35.5. The molecule has 3 N–H and O–H groups in total. The third kappa shape index (κ3) is 6.58. The number of methoxy groups -OCH3 is 2. The maximum Gasteiger partial charge on any atom is 0.271 e. The predicted molar refractivity (Wildman–Crippen MR) is 172 cm³/mol. The molecule has 0 saturated carbocycles. The van der Waals surface area contributed by atoms with Crippen molar-refractivity contribution in [1.29, 1.82) is 0 Å². The fourth-order valence-corrected chi connectivity index (χ4v) is 6.09. The summed E-state index contributed by atoms with van der Waals surface area (Å²) in [4.78, 5) is 23.4. The van der Waals surface area contributed by atoms with Gasteiger partial charge >= 0.3 is 0 Å². The van der Waals surface area contributed by atoms with Crippen molar-refractivity contribution in [1.82, 2.24) is 25.9 Å². The van der Waals surface area contributed by atoms with Crippen LogP contribution in [-0.4, -0.2) is 74.0 Å². The minimum atomic E-state index is -1.29. The van der Waals surface area contributed by atoms with Crippen molar-refractivity contribution in [3.8, 4) is 11.6 Å². The van der Waals surface area contributed by atoms with E-state index < -0.39 is 16.8 Å². The quantitative estimate of drug-likeness (QED) is 0.250. The number of nitrogens with zero attached hydrogens (tertiary/aromatic N) is 2. The second-order valence-electron chi connectivity index (χ2n) is 11.1. The molecule has 3 aromatic rings. The Morgan fingerprint density at radius 3 is 2.36 bits per heavy atom. The van der Waals surface area contributed by atoms with Gasteiger partial charge in [-0.1, -0.05) is 54.1 Å². The van der Waals surface area contributed by atoms with Crippen LogP contribution in [0.15, 0.2) is 66.9 Å². The minimum absolute atomic E-state index is 0.170. The monoisotopic (exact) mass is 651 g/mol. The van der Waals surface area contributed by atoms with Gasteiger partial charge < -0.3 is 34.9 Å². The molecule has 2 atom stereocenters. The molecule has 2 unspecified atom stereocenters. The number of ether oxygens (including phenoxy) is 4. The van der Waals surface area contributed by atoms with Gasteiger partial charge in [0.15, 0.2) is 0 Å². The minimum Gasteiger partial charge on any atom is -0.496 e. The SMILES string of the molecule is COc1cc(C(=O)NC2(c3ccc(CNC4COC4)c(OC)n3)C=CC=C(c3ccccc3Cl)C2Cl)ncc1CNC1COC1. The predicted octanol–water partition coefficient (Wildman–Crippen LogP) is 4.01. The lowest BCUT2D eigenvalue weighted by atomic mass is 9.80. The maximum atomic E-state index is 14.0. The van der Waals surface area contributed by atoms with E-state index in [0.29, 0.717) is 61.9 Å². The summed E-state index contributed by atoms with van der Waals surface area (Å²) in [5.41, 5.74) is 2.56. The number of nitrogens with one attached hydrogen (secondary N) is 3. The molecular weight excluding hydrogens is 617 g/mol. The molecule has 2 saturated heterocycles. The summed E-state index contributed by atoms with van der Waals surface area (Å²) in [6, 6.07) is 13.5. The van der Waals surface area contributed by atoms with E-state index in [9.17, 15) is 4.79 Å². The Morgan fingerprint density at radius 2 is 1.71 bits per heavy atom. The first kappa shape index (κ1) is 31.5. The first-order valence-electron chi connectivity index (χ1n) is 14.7. The van der Waals surface area contributed by atoms with Gasteiger partial charge in [-0.05, 0) is 23.3 Å². The number of rotatable bonds is 12. The Kier molecular flexibility index (Phi) is 9.70. The third-order valence-electron chi connectivity index (χ3n) is 8.20. The highest BCUT2D eigenvalue weighted by Crippen LogP contribution is 2.43. The van der Waals surface area contributed by atoms with Crippen molar-refractivity contribution in [2.75, 3.05) is 40.6 Å². The van der Waals surface area contributed by atoms with Crippen LogP contribution in [0.4, 0.5) is 0 Å². The molecule has 236 valence electrons. The van der Waals surface area contributed by atoms with Crippen LogP contribution in [0.2, 0.25) is 5.02 Å². The lowest BCUT2D eigenvalue weighted by Gasteiger charge is -2.39. The van der Waals surface area contributed by atoms with Crippen LogP contribution >= 0.6 is 23.2 Å². The first-order chi connectivity index (χ1) is 21.9. The van der Waals surface area contributed by atoms with Gasteiger partial charge in [-0.3, -0.25) is 9.78 Å². The number of carbonyl (C=O) groups excluding carboxylic acids is 1. The van der Waals surface area contributed by atoms with Gasteiger partial charge in [0.25, 0.3) is 5.91 Å². The van der Waals surface area contributed by atoms with Crippen molar-refractivity contribution in [2.24, 2.45) is 0 Å². The molecule has 12 heteroatoms. The number of allylic oxidation sites excluding steroid dienone is 2. The van der Waals surface area contributed by atoms with E-state index in [1.807, 2.05) is 48.6 Å². The van der Waals surface area contributed by atoms with Crippen molar-refractivity contribution in [3.05, 3.63) is 100.0 Å². The Bertz CT molecular complexity index is 1610. The summed E-state index contributed by atoms with van der Waals surface area (Å²) in [6.07, 6.45) is 7.23. The van der Waals surface area contributed by atoms with E-state index in [1.54, 1.807) is 32.5 Å². The van der Waals surface area contributed by atoms with E-state index in [2.05, 4.69) is 20.9 Å². The molecule has 1 amide bonds. The third-order valence-corrected chi connectivity index (χ3v) is 9.11. The Hall–Kier alpha value is -3.51. The molecule has 1 aromatic carbocycles. The molecule has 10 nitrogen and oxygen atoms in total. The molecule has 2 aliphatic heterocycles. The van der Waals surface area contributed by atoms with Gasteiger partial charge in [-0.15, -0.1) is 11.6 Å². The average Bonchev–Trinajstić information content (AvgIpc) is 3.01. The molecule has 45 heavy (non-hydrogen) atoms. The van der Waals surface area contributed by atoms with Crippen LogP contribution in [0.25, 0.3) is 5.57 Å². The van der Waals surface area contributed by atoms with Gasteiger partial charge in [0, 0.05) is 41.5 Å². The zero-order valence-corrected chi connectivity index (χ0v) is 26.5. The van der Waals surface area contributed by atoms with E-state index in [1.165, 1.54) is 0 Å². The smallest absolute Gasteiger partial charge is 0.271 e. The molecule has 0 radical (unpaired) electrons. The average molecular weight is 653 g/mol. The Labute approximate surface area is 272 Å². The number of hydrogen-bond donors (Lipinski definition) is 3. The molecule has 1 aliphatic carbocycles. The largest absolute Gasteiger partial charge is 0.496 e. The molecule has 6 rings (SSSR count). The fraction of sp³-hybridized carbons (Fsp3) is 0.364. The van der Waals surface area contributed by atoms with Crippen LogP contribution in [0, 0.1) is 0 Å². The summed E-state index contributed by atoms with van der Waals surface area (Å²) >= 11 is 14.0. The topological polar surface area (TPSA) is 116 Å². The van der Waals surface area contributed by atoms with Gasteiger partial charge in [0.1, 0.15) is 17.0 Å². The lowest BCUT2D eigenvalue weighted by Crippen LogP contribution is -2.52. The summed E-state index contributed by atoms with van der Waals surface area (Å²) < 4.78 is 21.9. The van der Waals surface area contributed by atoms with Crippen LogP contribution in [0.3, 0.4) is 0 Å². The zero-order valence-electron chi connectivity index (χ0n) is 25.0. The van der Waals surface area contributed by atoms with E-state index in [-0.39, 0.29) is 17.8 Å². The van der Waals surface area contributed by atoms with Crippen LogP contribution in [0.5, 0.6) is 11.6 Å². The lowest BCUT2D eigenvalue weighted by molar-refractivity contribution is -0.00588. The normalized spacial score (nSPS) is 21.4. The molecule has 2 aromatic heterocycles. The molecule has 2 fully saturated rings. The standard InChI is InChI=1S/C33H35Cl2N5O5/c1-42-28-12-27(38-15-21(28)14-37-23-18-45-19-23)31(41)40-33(11-5-7-25(30(33)35)24-6-3-4-8-26(24)34)29-10-9-20(32(39-29)43-2)13-36-22-16-44-17-22/h3-12,15,22-23,30,36-37H,13-14,16-19H2,1-2H3,(H,40,41). The zero-order chi connectivity index (χ0) is 31.4. The number of halogens is 2. The summed E-state index contributed by atoms with van der Waals surface area (Å²) in [6.45, 7) is 3.76. The van der Waals surface area contributed by atoms with E-state index in [4.69, 9.17) is 47.1 Å². The molecule has 4 heterocycles. The van der Waals surface area contributed by atoms with Gasteiger partial charge in [-0.25, -0.2) is 4.98 Å². The van der Waals surface area contributed by atoms with E-state index >= 15 is 0 Å². The summed E-state index contributed by atoms with van der Waals surface area (Å²) in [7, 11) is 3.14. The summed E-state index contributed by atoms with van der Waals surface area (Å²) in [5, 5.41) is 9.76. The van der Waals surface area contributed by atoms with Crippen LogP contribution in [0.1, 0.15) is 32.9 Å². The molecule has 0 spiro atoms.